The number of rotatable bonds is 3. The Morgan fingerprint density at radius 3 is 2.00 bits per heavy atom. The number of aromatic nitrogens is 1. The van der Waals surface area contributed by atoms with Crippen molar-refractivity contribution in [3.63, 3.8) is 0 Å². The quantitative estimate of drug-likeness (QED) is 0.198. The van der Waals surface area contributed by atoms with Gasteiger partial charge in [0, 0.05) is 22.6 Å². The molecule has 0 radical (unpaired) electrons. The standard InChI is InChI=1S/C42H37N/c1-24(2)26-11-12-29-23-43-39(22-30(29)19-26)28-14-16-33-36-18-17-35-37-20-27(25(3)4)13-15-32(37)31-9-7-8-10-34(31)40(35)41(36)42(5,6)38(33)21-28/h7-25H,1-6H3. The molecule has 1 heterocycles. The third-order valence-electron chi connectivity index (χ3n) is 10.0. The lowest BCUT2D eigenvalue weighted by Gasteiger charge is -2.25. The summed E-state index contributed by atoms with van der Waals surface area (Å²) in [4.78, 5) is 4.92. The van der Waals surface area contributed by atoms with Crippen LogP contribution in [0.5, 0.6) is 0 Å². The Morgan fingerprint density at radius 2 is 1.21 bits per heavy atom. The Labute approximate surface area is 254 Å². The van der Waals surface area contributed by atoms with Crippen LogP contribution < -0.4 is 0 Å². The minimum Gasteiger partial charge on any atom is -0.256 e. The Hall–Kier alpha value is -4.49. The highest BCUT2D eigenvalue weighted by atomic mass is 14.7. The van der Waals surface area contributed by atoms with Gasteiger partial charge in [0.05, 0.1) is 5.69 Å². The second-order valence-electron chi connectivity index (χ2n) is 13.6. The maximum absolute atomic E-state index is 4.92. The molecule has 0 N–H and O–H groups in total. The van der Waals surface area contributed by atoms with Crippen molar-refractivity contribution < 1.29 is 0 Å². The average Bonchev–Trinajstić information content (AvgIpc) is 3.25. The summed E-state index contributed by atoms with van der Waals surface area (Å²) in [5.41, 5.74) is 10.3. The van der Waals surface area contributed by atoms with E-state index in [1.165, 1.54) is 82.0 Å². The van der Waals surface area contributed by atoms with Crippen LogP contribution in [0, 0.1) is 0 Å². The van der Waals surface area contributed by atoms with E-state index >= 15 is 0 Å². The highest BCUT2D eigenvalue weighted by molar-refractivity contribution is 6.27. The highest BCUT2D eigenvalue weighted by Gasteiger charge is 2.38. The van der Waals surface area contributed by atoms with Crippen molar-refractivity contribution >= 4 is 43.1 Å². The van der Waals surface area contributed by atoms with Gasteiger partial charge in [-0.05, 0) is 95.1 Å². The molecule has 0 saturated heterocycles. The fraction of sp³-hybridized carbons (Fsp3) is 0.214. The minimum absolute atomic E-state index is 0.159. The Morgan fingerprint density at radius 1 is 0.558 bits per heavy atom. The SMILES string of the molecule is CC(C)c1ccc2cnc(-c3ccc4c(c3)C(C)(C)c3c-4ccc4c5cc(C(C)C)ccc5c5ccccc5c34)cc2c1. The van der Waals surface area contributed by atoms with Crippen LogP contribution in [0.3, 0.4) is 0 Å². The molecule has 8 rings (SSSR count). The van der Waals surface area contributed by atoms with Gasteiger partial charge in [-0.25, -0.2) is 0 Å². The zero-order valence-corrected chi connectivity index (χ0v) is 25.9. The first-order chi connectivity index (χ1) is 20.7. The Bertz CT molecular complexity index is 2260. The predicted octanol–water partition coefficient (Wildman–Crippen LogP) is 11.9. The summed E-state index contributed by atoms with van der Waals surface area (Å²) < 4.78 is 0. The smallest absolute Gasteiger partial charge is 0.0708 e. The van der Waals surface area contributed by atoms with Crippen LogP contribution in [0.15, 0.2) is 103 Å². The molecule has 1 heteroatoms. The molecule has 0 spiro atoms. The molecule has 1 aliphatic rings. The van der Waals surface area contributed by atoms with E-state index in [0.29, 0.717) is 11.8 Å². The van der Waals surface area contributed by atoms with Gasteiger partial charge in [-0.1, -0.05) is 126 Å². The van der Waals surface area contributed by atoms with E-state index < -0.39 is 0 Å². The van der Waals surface area contributed by atoms with Crippen molar-refractivity contribution in [2.75, 3.05) is 0 Å². The summed E-state index contributed by atoms with van der Waals surface area (Å²) in [5, 5.41) is 10.6. The predicted molar refractivity (Wildman–Crippen MR) is 185 cm³/mol. The van der Waals surface area contributed by atoms with Gasteiger partial charge in [-0.3, -0.25) is 4.98 Å². The zero-order chi connectivity index (χ0) is 29.6. The Kier molecular flexibility index (Phi) is 5.63. The third-order valence-corrected chi connectivity index (χ3v) is 10.0. The van der Waals surface area contributed by atoms with E-state index in [4.69, 9.17) is 4.98 Å². The molecule has 0 atom stereocenters. The van der Waals surface area contributed by atoms with Gasteiger partial charge in [-0.15, -0.1) is 0 Å². The lowest BCUT2D eigenvalue weighted by molar-refractivity contribution is 0.667. The van der Waals surface area contributed by atoms with E-state index in [0.717, 1.165) is 5.69 Å². The van der Waals surface area contributed by atoms with Crippen LogP contribution in [0.2, 0.25) is 0 Å². The van der Waals surface area contributed by atoms with Crippen molar-refractivity contribution in [1.82, 2.24) is 4.98 Å². The van der Waals surface area contributed by atoms with Crippen LogP contribution in [-0.4, -0.2) is 4.98 Å². The van der Waals surface area contributed by atoms with Crippen LogP contribution in [0.25, 0.3) is 65.5 Å². The molecule has 0 aliphatic heterocycles. The summed E-state index contributed by atoms with van der Waals surface area (Å²) in [6, 6.07) is 36.9. The van der Waals surface area contributed by atoms with Gasteiger partial charge in [0.1, 0.15) is 0 Å². The van der Waals surface area contributed by atoms with Gasteiger partial charge in [0.25, 0.3) is 0 Å². The number of hydrogen-bond acceptors (Lipinski definition) is 1. The first-order valence-electron chi connectivity index (χ1n) is 15.7. The summed E-state index contributed by atoms with van der Waals surface area (Å²) in [6.07, 6.45) is 2.03. The van der Waals surface area contributed by atoms with E-state index in [1.54, 1.807) is 0 Å². The van der Waals surface area contributed by atoms with E-state index in [2.05, 4.69) is 139 Å². The summed E-state index contributed by atoms with van der Waals surface area (Å²) in [7, 11) is 0. The van der Waals surface area contributed by atoms with E-state index in [-0.39, 0.29) is 5.41 Å². The number of benzene rings is 6. The van der Waals surface area contributed by atoms with Crippen molar-refractivity contribution in [3.05, 3.63) is 126 Å². The largest absolute Gasteiger partial charge is 0.256 e. The van der Waals surface area contributed by atoms with E-state index in [1.807, 2.05) is 6.20 Å². The molecule has 7 aromatic rings. The van der Waals surface area contributed by atoms with Crippen LogP contribution >= 0.6 is 0 Å². The first-order valence-corrected chi connectivity index (χ1v) is 15.7. The van der Waals surface area contributed by atoms with Gasteiger partial charge in [-0.2, -0.15) is 0 Å². The highest BCUT2D eigenvalue weighted by Crippen LogP contribution is 2.54. The number of nitrogens with zero attached hydrogens (tertiary/aromatic N) is 1. The minimum atomic E-state index is -0.159. The molecule has 0 amide bonds. The Balaban J connectivity index is 1.36. The maximum Gasteiger partial charge on any atom is 0.0708 e. The second kappa shape index (κ2) is 9.25. The molecule has 0 saturated carbocycles. The molecule has 210 valence electrons. The summed E-state index contributed by atoms with van der Waals surface area (Å²) in [6.45, 7) is 13.9. The van der Waals surface area contributed by atoms with Crippen molar-refractivity contribution in [2.45, 2.75) is 58.8 Å². The first kappa shape index (κ1) is 26.2. The molecule has 0 fully saturated rings. The van der Waals surface area contributed by atoms with Crippen LogP contribution in [-0.2, 0) is 5.41 Å². The van der Waals surface area contributed by atoms with Crippen LogP contribution in [0.4, 0.5) is 0 Å². The lowest BCUT2D eigenvalue weighted by Crippen LogP contribution is -2.16. The molecular weight excluding hydrogens is 518 g/mol. The maximum atomic E-state index is 4.92. The average molecular weight is 556 g/mol. The molecule has 43 heavy (non-hydrogen) atoms. The lowest BCUT2D eigenvalue weighted by atomic mass is 9.78. The third kappa shape index (κ3) is 3.80. The molecule has 1 aliphatic carbocycles. The summed E-state index contributed by atoms with van der Waals surface area (Å²) >= 11 is 0. The van der Waals surface area contributed by atoms with Crippen molar-refractivity contribution in [3.8, 4) is 22.4 Å². The van der Waals surface area contributed by atoms with Gasteiger partial charge >= 0.3 is 0 Å². The van der Waals surface area contributed by atoms with Crippen molar-refractivity contribution in [2.24, 2.45) is 0 Å². The fourth-order valence-corrected chi connectivity index (χ4v) is 7.56. The molecule has 0 unspecified atom stereocenters. The van der Waals surface area contributed by atoms with Gasteiger partial charge < -0.3 is 0 Å². The molecule has 6 aromatic carbocycles. The van der Waals surface area contributed by atoms with Crippen LogP contribution in [0.1, 0.15) is 75.6 Å². The zero-order valence-electron chi connectivity index (χ0n) is 25.9. The molecular formula is C42H37N. The molecule has 1 aromatic heterocycles. The van der Waals surface area contributed by atoms with Crippen molar-refractivity contribution in [1.29, 1.82) is 0 Å². The summed E-state index contributed by atoms with van der Waals surface area (Å²) in [5.74, 6) is 0.987. The second-order valence-corrected chi connectivity index (χ2v) is 13.6. The topological polar surface area (TPSA) is 12.9 Å². The van der Waals surface area contributed by atoms with Gasteiger partial charge in [0.15, 0.2) is 0 Å². The number of hydrogen-bond donors (Lipinski definition) is 0. The number of pyridine rings is 1. The van der Waals surface area contributed by atoms with E-state index in [9.17, 15) is 0 Å². The molecule has 0 bridgehead atoms. The molecule has 1 nitrogen and oxygen atoms in total. The number of fused-ring (bicyclic) bond motifs is 11. The monoisotopic (exact) mass is 555 g/mol. The normalized spacial score (nSPS) is 14.0. The fourth-order valence-electron chi connectivity index (χ4n) is 7.56. The van der Waals surface area contributed by atoms with Gasteiger partial charge in [0.2, 0.25) is 0 Å².